The number of hydrogen-bond donors (Lipinski definition) is 2. The Bertz CT molecular complexity index is 761. The fourth-order valence-corrected chi connectivity index (χ4v) is 2.97. The molecule has 124 valence electrons. The summed E-state index contributed by atoms with van der Waals surface area (Å²) in [5.41, 5.74) is 1.42. The average Bonchev–Trinajstić information content (AvgIpc) is 2.55. The minimum Gasteiger partial charge on any atom is -0.428 e. The van der Waals surface area contributed by atoms with Crippen molar-refractivity contribution < 1.29 is 10.4 Å². The molecular formula is C17H22N2O3S. The summed E-state index contributed by atoms with van der Waals surface area (Å²) in [6, 6.07) is 8.52. The molecule has 5 nitrogen and oxygen atoms in total. The van der Waals surface area contributed by atoms with Gasteiger partial charge in [0.1, 0.15) is 4.64 Å². The van der Waals surface area contributed by atoms with Crippen LogP contribution in [0.25, 0.3) is 0 Å². The van der Waals surface area contributed by atoms with Gasteiger partial charge in [0.05, 0.1) is 5.69 Å². The van der Waals surface area contributed by atoms with E-state index in [1.54, 1.807) is 18.2 Å². The predicted molar refractivity (Wildman–Crippen MR) is 90.9 cm³/mol. The molecule has 6 heteroatoms. The first-order valence-electron chi connectivity index (χ1n) is 7.79. The summed E-state index contributed by atoms with van der Waals surface area (Å²) in [7, 11) is 0. The van der Waals surface area contributed by atoms with Crippen LogP contribution < -0.4 is 5.56 Å². The first kappa shape index (κ1) is 17.3. The second-order valence-electron chi connectivity index (χ2n) is 5.83. The number of rotatable bonds is 1. The van der Waals surface area contributed by atoms with Crippen molar-refractivity contribution in [1.82, 2.24) is 9.46 Å². The van der Waals surface area contributed by atoms with Crippen LogP contribution in [0, 0.1) is 11.6 Å². The van der Waals surface area contributed by atoms with Gasteiger partial charge in [-0.05, 0) is 43.5 Å². The monoisotopic (exact) mass is 334 g/mol. The molecule has 0 atom stereocenters. The van der Waals surface area contributed by atoms with Crippen LogP contribution in [0.15, 0.2) is 41.3 Å². The Morgan fingerprint density at radius 2 is 1.83 bits per heavy atom. The van der Waals surface area contributed by atoms with Crippen LogP contribution in [0.2, 0.25) is 0 Å². The lowest BCUT2D eigenvalue weighted by atomic mass is 9.86. The van der Waals surface area contributed by atoms with Crippen LogP contribution in [0.1, 0.15) is 49.3 Å². The summed E-state index contributed by atoms with van der Waals surface area (Å²) in [5, 5.41) is 18.4. The second kappa shape index (κ2) is 7.97. The van der Waals surface area contributed by atoms with Gasteiger partial charge in [-0.25, -0.2) is 0 Å². The van der Waals surface area contributed by atoms with Crippen molar-refractivity contribution >= 4 is 12.2 Å². The highest BCUT2D eigenvalue weighted by molar-refractivity contribution is 7.71. The van der Waals surface area contributed by atoms with Crippen LogP contribution in [0.3, 0.4) is 0 Å². The molecule has 23 heavy (non-hydrogen) atoms. The molecular weight excluding hydrogens is 312 g/mol. The van der Waals surface area contributed by atoms with Crippen molar-refractivity contribution in [3.8, 4) is 0 Å². The van der Waals surface area contributed by atoms with E-state index < -0.39 is 0 Å². The lowest BCUT2D eigenvalue weighted by Gasteiger charge is -2.22. The summed E-state index contributed by atoms with van der Waals surface area (Å²) in [6.45, 7) is 1.90. The molecule has 2 heterocycles. The minimum atomic E-state index is -0.310. The molecule has 0 bridgehead atoms. The van der Waals surface area contributed by atoms with E-state index in [2.05, 4.69) is 12.2 Å². The molecule has 0 amide bonds. The Morgan fingerprint density at radius 1 is 1.13 bits per heavy atom. The fraction of sp³-hybridized carbons (Fsp3) is 0.412. The fourth-order valence-electron chi connectivity index (χ4n) is 2.83. The summed E-state index contributed by atoms with van der Waals surface area (Å²) in [6.07, 6.45) is 7.34. The molecule has 0 spiro atoms. The smallest absolute Gasteiger partial charge is 0.283 e. The zero-order chi connectivity index (χ0) is 16.8. The molecule has 0 unspecified atom stereocenters. The molecule has 2 aromatic rings. The molecule has 2 N–H and O–H groups in total. The van der Waals surface area contributed by atoms with Crippen molar-refractivity contribution in [2.75, 3.05) is 0 Å². The van der Waals surface area contributed by atoms with E-state index >= 15 is 0 Å². The summed E-state index contributed by atoms with van der Waals surface area (Å²) < 4.78 is 2.14. The van der Waals surface area contributed by atoms with Gasteiger partial charge in [0.15, 0.2) is 0 Å². The highest BCUT2D eigenvalue weighted by Gasteiger charge is 2.19. The predicted octanol–water partition coefficient (Wildman–Crippen LogP) is 3.90. The van der Waals surface area contributed by atoms with Gasteiger partial charge in [-0.3, -0.25) is 4.79 Å². The lowest BCUT2D eigenvalue weighted by molar-refractivity contribution is 0.156. The van der Waals surface area contributed by atoms with E-state index in [9.17, 15) is 10.0 Å². The second-order valence-corrected chi connectivity index (χ2v) is 6.24. The van der Waals surface area contributed by atoms with E-state index in [0.717, 1.165) is 33.6 Å². The van der Waals surface area contributed by atoms with Gasteiger partial charge in [-0.1, -0.05) is 37.5 Å². The van der Waals surface area contributed by atoms with Crippen LogP contribution in [-0.4, -0.2) is 19.9 Å². The van der Waals surface area contributed by atoms with Gasteiger partial charge in [-0.2, -0.15) is 9.46 Å². The van der Waals surface area contributed by atoms with E-state index in [4.69, 9.17) is 5.21 Å². The van der Waals surface area contributed by atoms with Crippen LogP contribution in [0.5, 0.6) is 0 Å². The number of hydrogen-bond acceptors (Lipinski definition) is 4. The van der Waals surface area contributed by atoms with Gasteiger partial charge >= 0.3 is 0 Å². The maximum atomic E-state index is 11.4. The molecule has 1 aliphatic rings. The van der Waals surface area contributed by atoms with Gasteiger partial charge < -0.3 is 10.4 Å². The first-order valence-corrected chi connectivity index (χ1v) is 8.19. The number of nitrogens with zero attached hydrogens (tertiary/aromatic N) is 2. The molecule has 1 fully saturated rings. The third kappa shape index (κ3) is 4.69. The maximum Gasteiger partial charge on any atom is 0.283 e. The van der Waals surface area contributed by atoms with Crippen molar-refractivity contribution in [1.29, 1.82) is 0 Å². The largest absolute Gasteiger partial charge is 0.428 e. The van der Waals surface area contributed by atoms with Gasteiger partial charge in [0.2, 0.25) is 0 Å². The SMILES string of the molecule is Cc1cc(C2CCCCC2)n(O)c(=O)c1.On1ccccc1=S. The van der Waals surface area contributed by atoms with Crippen LogP contribution >= 0.6 is 12.2 Å². The van der Waals surface area contributed by atoms with Crippen LogP contribution in [0.4, 0.5) is 0 Å². The third-order valence-electron chi connectivity index (χ3n) is 4.01. The van der Waals surface area contributed by atoms with Crippen LogP contribution in [-0.2, 0) is 0 Å². The number of aryl methyl sites for hydroxylation is 1. The van der Waals surface area contributed by atoms with Crippen molar-refractivity contribution in [3.05, 3.63) is 62.8 Å². The van der Waals surface area contributed by atoms with Gasteiger partial charge in [0, 0.05) is 18.2 Å². The molecule has 2 aromatic heterocycles. The van der Waals surface area contributed by atoms with E-state index in [-0.39, 0.29) is 5.56 Å². The molecule has 1 saturated carbocycles. The van der Waals surface area contributed by atoms with E-state index in [1.165, 1.54) is 31.5 Å². The lowest BCUT2D eigenvalue weighted by Crippen LogP contribution is -2.23. The normalized spacial score (nSPS) is 14.8. The Balaban J connectivity index is 0.000000203. The molecule has 3 rings (SSSR count). The van der Waals surface area contributed by atoms with Crippen molar-refractivity contribution in [3.63, 3.8) is 0 Å². The van der Waals surface area contributed by atoms with Crippen molar-refractivity contribution in [2.24, 2.45) is 0 Å². The van der Waals surface area contributed by atoms with Crippen molar-refractivity contribution in [2.45, 2.75) is 44.9 Å². The summed E-state index contributed by atoms with van der Waals surface area (Å²) in [5.74, 6) is 0.358. The summed E-state index contributed by atoms with van der Waals surface area (Å²) >= 11 is 4.67. The average molecular weight is 334 g/mol. The third-order valence-corrected chi connectivity index (χ3v) is 4.33. The first-order chi connectivity index (χ1) is 11.0. The molecule has 0 aliphatic heterocycles. The Labute approximate surface area is 140 Å². The summed E-state index contributed by atoms with van der Waals surface area (Å²) in [4.78, 5) is 11.4. The zero-order valence-electron chi connectivity index (χ0n) is 13.2. The zero-order valence-corrected chi connectivity index (χ0v) is 14.0. The Morgan fingerprint density at radius 3 is 2.39 bits per heavy atom. The number of pyridine rings is 2. The maximum absolute atomic E-state index is 11.4. The molecule has 0 aromatic carbocycles. The highest BCUT2D eigenvalue weighted by atomic mass is 32.1. The van der Waals surface area contributed by atoms with E-state index in [0.29, 0.717) is 10.6 Å². The van der Waals surface area contributed by atoms with Gasteiger partial charge in [0.25, 0.3) is 5.56 Å². The Hall–Kier alpha value is -2.08. The highest BCUT2D eigenvalue weighted by Crippen LogP contribution is 2.31. The molecule has 1 aliphatic carbocycles. The van der Waals surface area contributed by atoms with E-state index in [1.807, 2.05) is 13.0 Å². The number of aromatic nitrogens is 2. The molecule has 0 radical (unpaired) electrons. The topological polar surface area (TPSA) is 67.4 Å². The van der Waals surface area contributed by atoms with Gasteiger partial charge in [-0.15, -0.1) is 0 Å². The quantitative estimate of drug-likeness (QED) is 0.613. The Kier molecular flexibility index (Phi) is 5.98. The minimum absolute atomic E-state index is 0.310. The molecule has 0 saturated heterocycles. The standard InChI is InChI=1S/C12H17NO2.C5H5NOS/c1-9-7-11(13(15)12(14)8-9)10-5-3-2-4-6-10;7-6-4-2-1-3-5(6)8/h7-8,10,15H,2-6H2,1H3;1-4,7H.